The number of carbonyl (C=O) groups is 2. The van der Waals surface area contributed by atoms with Crippen molar-refractivity contribution in [2.75, 3.05) is 46.7 Å². The van der Waals surface area contributed by atoms with Gasteiger partial charge in [0.1, 0.15) is 11.4 Å². The second-order valence-electron chi connectivity index (χ2n) is 6.34. The smallest absolute Gasteiger partial charge is 0.274 e. The van der Waals surface area contributed by atoms with Crippen LogP contribution in [-0.2, 0) is 0 Å². The van der Waals surface area contributed by atoms with Gasteiger partial charge in [-0.2, -0.15) is 0 Å². The maximum Gasteiger partial charge on any atom is 0.274 e. The summed E-state index contributed by atoms with van der Waals surface area (Å²) in [5, 5.41) is 5.55. The van der Waals surface area contributed by atoms with E-state index in [1.807, 2.05) is 19.0 Å². The number of pyridine rings is 1. The van der Waals surface area contributed by atoms with Gasteiger partial charge in [0.25, 0.3) is 11.8 Å². The number of amides is 2. The van der Waals surface area contributed by atoms with Crippen molar-refractivity contribution in [3.05, 3.63) is 47.8 Å². The van der Waals surface area contributed by atoms with E-state index in [2.05, 4.69) is 15.6 Å². The van der Waals surface area contributed by atoms with Crippen LogP contribution in [0, 0.1) is 0 Å². The Morgan fingerprint density at radius 3 is 2.32 bits per heavy atom. The van der Waals surface area contributed by atoms with Crippen LogP contribution in [0.15, 0.2) is 36.4 Å². The summed E-state index contributed by atoms with van der Waals surface area (Å²) in [4.78, 5) is 30.9. The summed E-state index contributed by atoms with van der Waals surface area (Å²) in [7, 11) is 7.01. The Balaban J connectivity index is 2.02. The fourth-order valence-electron chi connectivity index (χ4n) is 2.48. The Morgan fingerprint density at radius 2 is 1.68 bits per heavy atom. The SMILES string of the molecule is COc1ccc(NC(=O)c2cccc(C(=O)NCCCN(C)C)n2)cc1OC. The molecule has 2 rings (SSSR count). The molecule has 0 spiro atoms. The first-order valence-corrected chi connectivity index (χ1v) is 8.88. The lowest BCUT2D eigenvalue weighted by Crippen LogP contribution is -2.28. The van der Waals surface area contributed by atoms with Crippen molar-refractivity contribution in [2.45, 2.75) is 6.42 Å². The summed E-state index contributed by atoms with van der Waals surface area (Å²) >= 11 is 0. The van der Waals surface area contributed by atoms with E-state index in [1.54, 1.807) is 36.4 Å². The molecule has 8 heteroatoms. The van der Waals surface area contributed by atoms with Crippen molar-refractivity contribution >= 4 is 17.5 Å². The number of hydrogen-bond donors (Lipinski definition) is 2. The Kier molecular flexibility index (Phi) is 7.76. The molecule has 1 aromatic heterocycles. The van der Waals surface area contributed by atoms with Crippen LogP contribution in [0.1, 0.15) is 27.4 Å². The van der Waals surface area contributed by atoms with E-state index in [4.69, 9.17) is 9.47 Å². The van der Waals surface area contributed by atoms with Gasteiger partial charge in [-0.15, -0.1) is 0 Å². The molecule has 0 radical (unpaired) electrons. The van der Waals surface area contributed by atoms with Gasteiger partial charge >= 0.3 is 0 Å². The lowest BCUT2D eigenvalue weighted by molar-refractivity contribution is 0.0947. The predicted molar refractivity (Wildman–Crippen MR) is 107 cm³/mol. The van der Waals surface area contributed by atoms with Gasteiger partial charge < -0.3 is 25.0 Å². The molecule has 2 N–H and O–H groups in total. The van der Waals surface area contributed by atoms with Gasteiger partial charge in [-0.3, -0.25) is 9.59 Å². The number of anilines is 1. The molecule has 0 saturated carbocycles. The van der Waals surface area contributed by atoms with Crippen LogP contribution >= 0.6 is 0 Å². The van der Waals surface area contributed by atoms with Gasteiger partial charge in [-0.25, -0.2) is 4.98 Å². The second kappa shape index (κ2) is 10.3. The number of ether oxygens (including phenoxy) is 2. The van der Waals surface area contributed by atoms with Gasteiger partial charge in [0.2, 0.25) is 0 Å². The third-order valence-corrected chi connectivity index (χ3v) is 3.92. The molecule has 0 aliphatic heterocycles. The minimum Gasteiger partial charge on any atom is -0.493 e. The van der Waals surface area contributed by atoms with Gasteiger partial charge in [0, 0.05) is 18.3 Å². The maximum atomic E-state index is 12.5. The summed E-state index contributed by atoms with van der Waals surface area (Å²) < 4.78 is 10.4. The van der Waals surface area contributed by atoms with Crippen LogP contribution in [0.25, 0.3) is 0 Å². The maximum absolute atomic E-state index is 12.5. The van der Waals surface area contributed by atoms with Crippen molar-refractivity contribution in [3.8, 4) is 11.5 Å². The van der Waals surface area contributed by atoms with Crippen LogP contribution < -0.4 is 20.1 Å². The lowest BCUT2D eigenvalue weighted by atomic mass is 10.2. The molecule has 150 valence electrons. The van der Waals surface area contributed by atoms with Gasteiger partial charge in [0.15, 0.2) is 11.5 Å². The second-order valence-corrected chi connectivity index (χ2v) is 6.34. The van der Waals surface area contributed by atoms with Gasteiger partial charge in [-0.05, 0) is 51.3 Å². The zero-order valence-electron chi connectivity index (χ0n) is 16.6. The monoisotopic (exact) mass is 386 g/mol. The third kappa shape index (κ3) is 5.95. The van der Waals surface area contributed by atoms with Crippen molar-refractivity contribution in [1.82, 2.24) is 15.2 Å². The normalized spacial score (nSPS) is 10.5. The molecule has 1 heterocycles. The lowest BCUT2D eigenvalue weighted by Gasteiger charge is -2.11. The number of nitrogens with zero attached hydrogens (tertiary/aromatic N) is 2. The van der Waals surface area contributed by atoms with E-state index in [1.165, 1.54) is 14.2 Å². The highest BCUT2D eigenvalue weighted by Crippen LogP contribution is 2.29. The molecule has 2 amide bonds. The number of rotatable bonds is 9. The molecule has 0 aliphatic rings. The first-order valence-electron chi connectivity index (χ1n) is 8.88. The fourth-order valence-corrected chi connectivity index (χ4v) is 2.48. The van der Waals surface area contributed by atoms with Gasteiger partial charge in [-0.1, -0.05) is 6.07 Å². The molecule has 0 saturated heterocycles. The molecule has 1 aromatic carbocycles. The zero-order chi connectivity index (χ0) is 20.5. The van der Waals surface area contributed by atoms with Crippen molar-refractivity contribution < 1.29 is 19.1 Å². The quantitative estimate of drug-likeness (QED) is 0.641. The van der Waals surface area contributed by atoms with Crippen molar-refractivity contribution in [1.29, 1.82) is 0 Å². The van der Waals surface area contributed by atoms with Crippen molar-refractivity contribution in [3.63, 3.8) is 0 Å². The highest BCUT2D eigenvalue weighted by atomic mass is 16.5. The van der Waals surface area contributed by atoms with E-state index in [9.17, 15) is 9.59 Å². The van der Waals surface area contributed by atoms with Crippen LogP contribution in [-0.4, -0.2) is 63.1 Å². The van der Waals surface area contributed by atoms with E-state index in [-0.39, 0.29) is 17.3 Å². The Hall–Kier alpha value is -3.13. The average molecular weight is 386 g/mol. The van der Waals surface area contributed by atoms with E-state index in [0.717, 1.165) is 13.0 Å². The highest BCUT2D eigenvalue weighted by Gasteiger charge is 2.13. The van der Waals surface area contributed by atoms with Crippen molar-refractivity contribution in [2.24, 2.45) is 0 Å². The predicted octanol–water partition coefficient (Wildman–Crippen LogP) is 2.03. The zero-order valence-corrected chi connectivity index (χ0v) is 16.6. The summed E-state index contributed by atoms with van der Waals surface area (Å²) in [5.41, 5.74) is 0.878. The number of nitrogens with one attached hydrogen (secondary N) is 2. The minimum absolute atomic E-state index is 0.149. The summed E-state index contributed by atoms with van der Waals surface area (Å²) in [6.45, 7) is 1.42. The molecular weight excluding hydrogens is 360 g/mol. The fraction of sp³-hybridized carbons (Fsp3) is 0.350. The number of methoxy groups -OCH3 is 2. The van der Waals surface area contributed by atoms with Crippen LogP contribution in [0.2, 0.25) is 0 Å². The largest absolute Gasteiger partial charge is 0.493 e. The first-order chi connectivity index (χ1) is 13.4. The number of benzene rings is 1. The van der Waals surface area contributed by atoms with Crippen LogP contribution in [0.3, 0.4) is 0 Å². The van der Waals surface area contributed by atoms with Crippen LogP contribution in [0.4, 0.5) is 5.69 Å². The Bertz CT molecular complexity index is 824. The Morgan fingerprint density at radius 1 is 1.00 bits per heavy atom. The van der Waals surface area contributed by atoms with E-state index >= 15 is 0 Å². The first kappa shape index (κ1) is 21.2. The molecule has 0 bridgehead atoms. The number of aromatic nitrogens is 1. The summed E-state index contributed by atoms with van der Waals surface area (Å²) in [5.74, 6) is 0.333. The highest BCUT2D eigenvalue weighted by molar-refractivity contribution is 6.04. The molecular formula is C20H26N4O4. The van der Waals surface area contributed by atoms with Gasteiger partial charge in [0.05, 0.1) is 14.2 Å². The van der Waals surface area contributed by atoms with Crippen LogP contribution in [0.5, 0.6) is 11.5 Å². The topological polar surface area (TPSA) is 92.8 Å². The summed E-state index contributed by atoms with van der Waals surface area (Å²) in [6, 6.07) is 9.80. The Labute approximate surface area is 164 Å². The standard InChI is InChI=1S/C20H26N4O4/c1-24(2)12-6-11-21-19(25)15-7-5-8-16(23-15)20(26)22-14-9-10-17(27-3)18(13-14)28-4/h5,7-10,13H,6,11-12H2,1-4H3,(H,21,25)(H,22,26). The molecule has 28 heavy (non-hydrogen) atoms. The average Bonchev–Trinajstić information content (AvgIpc) is 2.70. The molecule has 0 aliphatic carbocycles. The third-order valence-electron chi connectivity index (χ3n) is 3.92. The summed E-state index contributed by atoms with van der Waals surface area (Å²) in [6.07, 6.45) is 0.832. The minimum atomic E-state index is -0.422. The molecule has 0 unspecified atom stereocenters. The number of carbonyl (C=O) groups excluding carboxylic acids is 2. The molecule has 2 aromatic rings. The molecule has 0 atom stereocenters. The molecule has 0 fully saturated rings. The number of hydrogen-bond acceptors (Lipinski definition) is 6. The van der Waals surface area contributed by atoms with E-state index in [0.29, 0.717) is 23.7 Å². The van der Waals surface area contributed by atoms with E-state index < -0.39 is 5.91 Å². The molecule has 8 nitrogen and oxygen atoms in total.